The monoisotopic (exact) mass is 533 g/mol. The van der Waals surface area contributed by atoms with E-state index >= 15 is 0 Å². The van der Waals surface area contributed by atoms with Gasteiger partial charge in [-0.15, -0.1) is 0 Å². The van der Waals surface area contributed by atoms with Crippen LogP contribution in [0.4, 0.5) is 0 Å². The first-order valence-corrected chi connectivity index (χ1v) is 15.4. The Labute approximate surface area is 244 Å². The molecule has 220 valence electrons. The Kier molecular flexibility index (Phi) is 8.94. The lowest BCUT2D eigenvalue weighted by atomic mass is 9.65. The van der Waals surface area contributed by atoms with Gasteiger partial charge in [0.1, 0.15) is 0 Å². The molecule has 1 unspecified atom stereocenters. The van der Waals surface area contributed by atoms with Crippen molar-refractivity contribution in [3.05, 3.63) is 68.8 Å². The lowest BCUT2D eigenvalue weighted by Crippen LogP contribution is -2.30. The molecule has 39 heavy (non-hydrogen) atoms. The van der Waals surface area contributed by atoms with Crippen LogP contribution in [0.25, 0.3) is 0 Å². The summed E-state index contributed by atoms with van der Waals surface area (Å²) in [5.41, 5.74) is 12.7. The molecule has 0 radical (unpaired) electrons. The molecular formula is C39H64. The lowest BCUT2D eigenvalue weighted by molar-refractivity contribution is 0.489. The first-order chi connectivity index (χ1) is 17.1. The van der Waals surface area contributed by atoms with Crippen LogP contribution in [0.15, 0.2) is 24.3 Å². The maximum absolute atomic E-state index is 2.59. The van der Waals surface area contributed by atoms with E-state index in [2.05, 4.69) is 156 Å². The summed E-state index contributed by atoms with van der Waals surface area (Å²) in [6.45, 7) is 45.4. The van der Waals surface area contributed by atoms with Gasteiger partial charge in [-0.2, -0.15) is 0 Å². The third kappa shape index (κ3) is 7.59. The highest BCUT2D eigenvalue weighted by Gasteiger charge is 2.35. The van der Waals surface area contributed by atoms with Gasteiger partial charge in [-0.3, -0.25) is 0 Å². The second-order valence-electron chi connectivity index (χ2n) is 18.6. The van der Waals surface area contributed by atoms with Crippen LogP contribution in [0, 0.1) is 0 Å². The fourth-order valence-electron chi connectivity index (χ4n) is 6.43. The van der Waals surface area contributed by atoms with Crippen molar-refractivity contribution in [1.82, 2.24) is 0 Å². The van der Waals surface area contributed by atoms with Crippen LogP contribution in [0.1, 0.15) is 182 Å². The second kappa shape index (κ2) is 10.4. The van der Waals surface area contributed by atoms with Gasteiger partial charge in [-0.05, 0) is 89.3 Å². The number of hydrogen-bond donors (Lipinski definition) is 0. The molecule has 1 atom stereocenters. The van der Waals surface area contributed by atoms with E-state index in [9.17, 15) is 0 Å². The lowest BCUT2D eigenvalue weighted by Gasteiger charge is -2.39. The predicted molar refractivity (Wildman–Crippen MR) is 177 cm³/mol. The van der Waals surface area contributed by atoms with Crippen molar-refractivity contribution in [3.63, 3.8) is 0 Å². The van der Waals surface area contributed by atoms with Crippen LogP contribution in [0.2, 0.25) is 0 Å². The third-order valence-electron chi connectivity index (χ3n) is 8.27. The average Bonchev–Trinajstić information content (AvgIpc) is 2.68. The number of rotatable bonds is 3. The summed E-state index contributed by atoms with van der Waals surface area (Å²) in [5.74, 6) is 0.420. The van der Waals surface area contributed by atoms with E-state index in [0.29, 0.717) is 5.92 Å². The molecular weight excluding hydrogens is 468 g/mol. The Morgan fingerprint density at radius 2 is 0.821 bits per heavy atom. The van der Waals surface area contributed by atoms with Gasteiger partial charge in [0.15, 0.2) is 0 Å². The summed E-state index contributed by atoms with van der Waals surface area (Å²) in [4.78, 5) is 0. The van der Waals surface area contributed by atoms with Gasteiger partial charge in [0.05, 0.1) is 0 Å². The van der Waals surface area contributed by atoms with Crippen molar-refractivity contribution in [2.45, 2.75) is 176 Å². The van der Waals surface area contributed by atoms with Crippen molar-refractivity contribution >= 4 is 0 Å². The highest BCUT2D eigenvalue weighted by atomic mass is 14.4. The van der Waals surface area contributed by atoms with Crippen LogP contribution in [-0.2, 0) is 38.9 Å². The normalized spacial score (nSPS) is 15.1. The van der Waals surface area contributed by atoms with Gasteiger partial charge in [-0.1, -0.05) is 156 Å². The summed E-state index contributed by atoms with van der Waals surface area (Å²) in [6, 6.07) is 10.1. The molecule has 0 N–H and O–H groups in total. The quantitative estimate of drug-likeness (QED) is 0.369. The van der Waals surface area contributed by atoms with E-state index in [1.54, 1.807) is 11.1 Å². The Morgan fingerprint density at radius 1 is 0.436 bits per heavy atom. The fraction of sp³-hybridized carbons (Fsp3) is 0.692. The van der Waals surface area contributed by atoms with Crippen LogP contribution >= 0.6 is 0 Å². The van der Waals surface area contributed by atoms with Crippen molar-refractivity contribution in [3.8, 4) is 0 Å². The maximum Gasteiger partial charge on any atom is -0.0126 e. The van der Waals surface area contributed by atoms with E-state index < -0.39 is 0 Å². The van der Waals surface area contributed by atoms with Gasteiger partial charge in [0.25, 0.3) is 0 Å². The van der Waals surface area contributed by atoms with Crippen LogP contribution in [0.5, 0.6) is 0 Å². The average molecular weight is 533 g/mol. The molecule has 0 heterocycles. The van der Waals surface area contributed by atoms with E-state index in [-0.39, 0.29) is 32.5 Å². The van der Waals surface area contributed by atoms with E-state index in [1.807, 2.05) is 0 Å². The molecule has 0 bridgehead atoms. The molecule has 0 saturated heterocycles. The smallest absolute Gasteiger partial charge is 0.0126 e. The molecule has 0 aliphatic carbocycles. The number of benzene rings is 2. The van der Waals surface area contributed by atoms with Crippen LogP contribution in [0.3, 0.4) is 0 Å². The Bertz CT molecular complexity index is 1160. The Hall–Kier alpha value is -1.56. The molecule has 0 heteroatoms. The SMILES string of the molecule is CC(Cc1cc(C(C)(C)C)c(C(C)(C)C)cc1C(C)(C)C)c1ccc(C(C)(C)C)c(C(C)(C)C)c1C(C)(C)C. The Morgan fingerprint density at radius 3 is 1.18 bits per heavy atom. The zero-order chi connectivity index (χ0) is 30.7. The topological polar surface area (TPSA) is 0 Å². The minimum absolute atomic E-state index is 0.0625. The van der Waals surface area contributed by atoms with E-state index in [4.69, 9.17) is 0 Å². The zero-order valence-corrected chi connectivity index (χ0v) is 29.6. The predicted octanol–water partition coefficient (Wildman–Crippen LogP) is 11.8. The molecule has 0 aliphatic rings. The second-order valence-corrected chi connectivity index (χ2v) is 18.6. The number of hydrogen-bond acceptors (Lipinski definition) is 0. The third-order valence-corrected chi connectivity index (χ3v) is 8.27. The maximum atomic E-state index is 2.59. The molecule has 0 aliphatic heterocycles. The molecule has 0 saturated carbocycles. The van der Waals surface area contributed by atoms with E-state index in [0.717, 1.165) is 6.42 Å². The molecule has 0 aromatic heterocycles. The van der Waals surface area contributed by atoms with Gasteiger partial charge < -0.3 is 0 Å². The highest BCUT2D eigenvalue weighted by Crippen LogP contribution is 2.46. The minimum atomic E-state index is 0.0625. The molecule has 2 aromatic rings. The summed E-state index contributed by atoms with van der Waals surface area (Å²) < 4.78 is 0. The van der Waals surface area contributed by atoms with Gasteiger partial charge in [-0.25, -0.2) is 0 Å². The summed E-state index contributed by atoms with van der Waals surface area (Å²) in [7, 11) is 0. The molecule has 2 aromatic carbocycles. The molecule has 0 amide bonds. The highest BCUT2D eigenvalue weighted by molar-refractivity contribution is 5.53. The largest absolute Gasteiger partial charge is 0.0581 e. The summed E-state index contributed by atoms with van der Waals surface area (Å²) >= 11 is 0. The van der Waals surface area contributed by atoms with Crippen LogP contribution < -0.4 is 0 Å². The first-order valence-electron chi connectivity index (χ1n) is 15.4. The minimum Gasteiger partial charge on any atom is -0.0581 e. The molecule has 0 nitrogen and oxygen atoms in total. The summed E-state index contributed by atoms with van der Waals surface area (Å²) in [6.07, 6.45) is 1.06. The van der Waals surface area contributed by atoms with Gasteiger partial charge in [0.2, 0.25) is 0 Å². The van der Waals surface area contributed by atoms with Gasteiger partial charge in [0, 0.05) is 0 Å². The van der Waals surface area contributed by atoms with Gasteiger partial charge >= 0.3 is 0 Å². The van der Waals surface area contributed by atoms with E-state index in [1.165, 1.54) is 33.4 Å². The van der Waals surface area contributed by atoms with Crippen molar-refractivity contribution in [2.75, 3.05) is 0 Å². The van der Waals surface area contributed by atoms with Crippen molar-refractivity contribution in [2.24, 2.45) is 0 Å². The van der Waals surface area contributed by atoms with Crippen molar-refractivity contribution in [1.29, 1.82) is 0 Å². The Balaban J connectivity index is 2.91. The van der Waals surface area contributed by atoms with Crippen LogP contribution in [-0.4, -0.2) is 0 Å². The molecule has 0 fully saturated rings. The summed E-state index contributed by atoms with van der Waals surface area (Å²) in [5, 5.41) is 0. The van der Waals surface area contributed by atoms with Crippen molar-refractivity contribution < 1.29 is 0 Å². The fourth-order valence-corrected chi connectivity index (χ4v) is 6.43. The molecule has 2 rings (SSSR count). The first kappa shape index (κ1) is 33.6. The zero-order valence-electron chi connectivity index (χ0n) is 29.6. The molecule has 0 spiro atoms. The standard InChI is InChI=1S/C39H64/c1-25(27-20-21-28(34(2,3)4)33(39(17,18)19)32(27)38(14,15)16)22-26-23-30(36(8,9)10)31(37(11,12)13)24-29(26)35(5,6)7/h20-21,23-25H,22H2,1-19H3.